The standard InChI is InChI=1S/C15H15IN4O2/c16-10-5-9(11(17)6-12(10)18)14(21)13(19)7-1-3-8(4-2-7)15(20)22/h1-6,13H,17-19H2,(H2,20,22). The molecule has 0 aliphatic rings. The number of nitrogens with two attached hydrogens (primary N) is 4. The van der Waals surface area contributed by atoms with Crippen molar-refractivity contribution in [2.45, 2.75) is 6.04 Å². The monoisotopic (exact) mass is 410 g/mol. The number of hydrogen-bond donors (Lipinski definition) is 4. The molecule has 0 bridgehead atoms. The van der Waals surface area contributed by atoms with Crippen molar-refractivity contribution in [2.75, 3.05) is 11.5 Å². The highest BCUT2D eigenvalue weighted by Crippen LogP contribution is 2.26. The average Bonchev–Trinajstić information content (AvgIpc) is 2.49. The third kappa shape index (κ3) is 3.20. The molecule has 6 nitrogen and oxygen atoms in total. The first-order valence-electron chi connectivity index (χ1n) is 6.35. The van der Waals surface area contributed by atoms with E-state index in [-0.39, 0.29) is 11.5 Å². The van der Waals surface area contributed by atoms with E-state index >= 15 is 0 Å². The number of carbonyl (C=O) groups excluding carboxylic acids is 2. The van der Waals surface area contributed by atoms with Gasteiger partial charge in [0.05, 0.1) is 6.04 Å². The van der Waals surface area contributed by atoms with Crippen LogP contribution in [0, 0.1) is 3.57 Å². The molecular formula is C15H15IN4O2. The predicted octanol–water partition coefficient (Wildman–Crippen LogP) is 1.44. The van der Waals surface area contributed by atoms with Gasteiger partial charge in [-0.3, -0.25) is 9.59 Å². The van der Waals surface area contributed by atoms with E-state index in [1.165, 1.54) is 18.2 Å². The lowest BCUT2D eigenvalue weighted by molar-refractivity contribution is 0.0961. The van der Waals surface area contributed by atoms with Gasteiger partial charge in [-0.25, -0.2) is 0 Å². The van der Waals surface area contributed by atoms with E-state index in [0.29, 0.717) is 22.4 Å². The first kappa shape index (κ1) is 16.2. The maximum Gasteiger partial charge on any atom is 0.248 e. The zero-order valence-corrected chi connectivity index (χ0v) is 13.7. The number of Topliss-reactive ketones (excluding diaryl/α,β-unsaturated/α-hetero) is 1. The van der Waals surface area contributed by atoms with Gasteiger partial charge in [-0.05, 0) is 52.4 Å². The van der Waals surface area contributed by atoms with Gasteiger partial charge in [-0.1, -0.05) is 12.1 Å². The summed E-state index contributed by atoms with van der Waals surface area (Å²) < 4.78 is 0.728. The molecule has 0 fully saturated rings. The van der Waals surface area contributed by atoms with E-state index in [1.54, 1.807) is 18.2 Å². The first-order chi connectivity index (χ1) is 10.3. The van der Waals surface area contributed by atoms with Crippen LogP contribution in [0.15, 0.2) is 36.4 Å². The van der Waals surface area contributed by atoms with Crippen molar-refractivity contribution in [1.29, 1.82) is 0 Å². The molecule has 1 amide bonds. The molecule has 0 aliphatic heterocycles. The fraction of sp³-hybridized carbons (Fsp3) is 0.0667. The zero-order chi connectivity index (χ0) is 16.4. The molecule has 22 heavy (non-hydrogen) atoms. The second kappa shape index (κ2) is 6.32. The molecule has 7 heteroatoms. The highest BCUT2D eigenvalue weighted by Gasteiger charge is 2.21. The first-order valence-corrected chi connectivity index (χ1v) is 7.43. The Kier molecular flexibility index (Phi) is 4.67. The summed E-state index contributed by atoms with van der Waals surface area (Å²) in [5.41, 5.74) is 24.8. The summed E-state index contributed by atoms with van der Waals surface area (Å²) in [4.78, 5) is 23.6. The van der Waals surface area contributed by atoms with Gasteiger partial charge in [0.1, 0.15) is 0 Å². The van der Waals surface area contributed by atoms with E-state index < -0.39 is 11.9 Å². The van der Waals surface area contributed by atoms with Gasteiger partial charge in [-0.2, -0.15) is 0 Å². The molecule has 114 valence electrons. The summed E-state index contributed by atoms with van der Waals surface area (Å²) in [6, 6.07) is 8.52. The fourth-order valence-electron chi connectivity index (χ4n) is 1.99. The van der Waals surface area contributed by atoms with Crippen LogP contribution >= 0.6 is 22.6 Å². The molecule has 0 saturated carbocycles. The normalized spacial score (nSPS) is 11.9. The molecule has 0 aromatic heterocycles. The maximum atomic E-state index is 12.5. The second-order valence-electron chi connectivity index (χ2n) is 4.79. The highest BCUT2D eigenvalue weighted by atomic mass is 127. The van der Waals surface area contributed by atoms with Crippen molar-refractivity contribution in [3.05, 3.63) is 56.7 Å². The number of carbonyl (C=O) groups is 2. The Morgan fingerprint density at radius 1 is 1.00 bits per heavy atom. The molecule has 8 N–H and O–H groups in total. The van der Waals surface area contributed by atoms with Gasteiger partial charge in [0, 0.05) is 26.1 Å². The van der Waals surface area contributed by atoms with E-state index in [1.807, 2.05) is 22.6 Å². The Hall–Kier alpha value is -2.13. The number of ketones is 1. The SMILES string of the molecule is NC(=O)c1ccc(C(N)C(=O)c2cc(I)c(N)cc2N)cc1. The number of primary amides is 1. The van der Waals surface area contributed by atoms with Crippen LogP contribution < -0.4 is 22.9 Å². The summed E-state index contributed by atoms with van der Waals surface area (Å²) in [5.74, 6) is -0.856. The number of nitrogen functional groups attached to an aromatic ring is 2. The molecule has 0 radical (unpaired) electrons. The van der Waals surface area contributed by atoms with Crippen molar-refractivity contribution in [1.82, 2.24) is 0 Å². The van der Waals surface area contributed by atoms with Crippen molar-refractivity contribution in [2.24, 2.45) is 11.5 Å². The molecular weight excluding hydrogens is 395 g/mol. The Balaban J connectivity index is 2.33. The third-order valence-corrected chi connectivity index (χ3v) is 4.21. The molecule has 1 atom stereocenters. The number of rotatable bonds is 4. The highest BCUT2D eigenvalue weighted by molar-refractivity contribution is 14.1. The van der Waals surface area contributed by atoms with Gasteiger partial charge in [0.15, 0.2) is 5.78 Å². The fourth-order valence-corrected chi connectivity index (χ4v) is 2.46. The summed E-state index contributed by atoms with van der Waals surface area (Å²) >= 11 is 2.02. The van der Waals surface area contributed by atoms with Crippen molar-refractivity contribution < 1.29 is 9.59 Å². The van der Waals surface area contributed by atoms with Crippen LogP contribution in [0.5, 0.6) is 0 Å². The van der Waals surface area contributed by atoms with Gasteiger partial charge in [-0.15, -0.1) is 0 Å². The molecule has 2 aromatic rings. The predicted molar refractivity (Wildman–Crippen MR) is 94.2 cm³/mol. The topological polar surface area (TPSA) is 138 Å². The van der Waals surface area contributed by atoms with E-state index in [4.69, 9.17) is 22.9 Å². The smallest absolute Gasteiger partial charge is 0.248 e. The van der Waals surface area contributed by atoms with E-state index in [2.05, 4.69) is 0 Å². The Labute approximate surface area is 141 Å². The minimum Gasteiger partial charge on any atom is -0.398 e. The lowest BCUT2D eigenvalue weighted by Crippen LogP contribution is -2.23. The van der Waals surface area contributed by atoms with Crippen LogP contribution in [-0.4, -0.2) is 11.7 Å². The van der Waals surface area contributed by atoms with E-state index in [0.717, 1.165) is 3.57 Å². The maximum absolute atomic E-state index is 12.5. The van der Waals surface area contributed by atoms with Crippen LogP contribution in [0.25, 0.3) is 0 Å². The molecule has 0 spiro atoms. The minimum absolute atomic E-state index is 0.284. The number of halogens is 1. The molecule has 0 heterocycles. The van der Waals surface area contributed by atoms with Gasteiger partial charge in [0.2, 0.25) is 5.91 Å². The van der Waals surface area contributed by atoms with Crippen LogP contribution in [0.4, 0.5) is 11.4 Å². The Bertz CT molecular complexity index is 744. The van der Waals surface area contributed by atoms with Crippen LogP contribution in [-0.2, 0) is 0 Å². The van der Waals surface area contributed by atoms with Gasteiger partial charge < -0.3 is 22.9 Å². The quantitative estimate of drug-likeness (QED) is 0.343. The molecule has 0 saturated heterocycles. The third-order valence-electron chi connectivity index (χ3n) is 3.27. The molecule has 0 aliphatic carbocycles. The van der Waals surface area contributed by atoms with Gasteiger partial charge >= 0.3 is 0 Å². The lowest BCUT2D eigenvalue weighted by atomic mass is 9.96. The number of amides is 1. The Morgan fingerprint density at radius 3 is 2.14 bits per heavy atom. The number of benzene rings is 2. The average molecular weight is 410 g/mol. The largest absolute Gasteiger partial charge is 0.398 e. The molecule has 1 unspecified atom stereocenters. The lowest BCUT2D eigenvalue weighted by Gasteiger charge is -2.14. The van der Waals surface area contributed by atoms with Gasteiger partial charge in [0.25, 0.3) is 0 Å². The molecule has 2 rings (SSSR count). The Morgan fingerprint density at radius 2 is 1.59 bits per heavy atom. The van der Waals surface area contributed by atoms with Crippen LogP contribution in [0.2, 0.25) is 0 Å². The minimum atomic E-state index is -0.886. The summed E-state index contributed by atoms with van der Waals surface area (Å²) in [6.07, 6.45) is 0. The second-order valence-corrected chi connectivity index (χ2v) is 5.95. The zero-order valence-electron chi connectivity index (χ0n) is 11.5. The van der Waals surface area contributed by atoms with E-state index in [9.17, 15) is 9.59 Å². The van der Waals surface area contributed by atoms with Crippen LogP contribution in [0.3, 0.4) is 0 Å². The number of anilines is 2. The van der Waals surface area contributed by atoms with Crippen molar-refractivity contribution in [3.63, 3.8) is 0 Å². The number of hydrogen-bond acceptors (Lipinski definition) is 5. The molecule has 2 aromatic carbocycles. The van der Waals surface area contributed by atoms with Crippen LogP contribution in [0.1, 0.15) is 32.3 Å². The van der Waals surface area contributed by atoms with Crippen molar-refractivity contribution in [3.8, 4) is 0 Å². The summed E-state index contributed by atoms with van der Waals surface area (Å²) in [7, 11) is 0. The summed E-state index contributed by atoms with van der Waals surface area (Å²) in [6.45, 7) is 0. The summed E-state index contributed by atoms with van der Waals surface area (Å²) in [5, 5.41) is 0. The van der Waals surface area contributed by atoms with Crippen molar-refractivity contribution >= 4 is 45.7 Å².